The molecule has 0 spiro atoms. The van der Waals surface area contributed by atoms with E-state index in [1.54, 1.807) is 0 Å². The summed E-state index contributed by atoms with van der Waals surface area (Å²) in [5.41, 5.74) is 0. The molecule has 0 fully saturated rings. The molecule has 0 unspecified atom stereocenters. The van der Waals surface area contributed by atoms with Crippen molar-refractivity contribution in [1.82, 2.24) is 0 Å². The molecular weight excluding hydrogens is 392 g/mol. The summed E-state index contributed by atoms with van der Waals surface area (Å²) in [7, 11) is 0. The summed E-state index contributed by atoms with van der Waals surface area (Å²) < 4.78 is 17.1. The number of hydrogen-bond donors (Lipinski definition) is 0. The molecule has 0 atom stereocenters. The maximum absolute atomic E-state index is 12.4. The van der Waals surface area contributed by atoms with Crippen LogP contribution < -0.4 is 9.47 Å². The van der Waals surface area contributed by atoms with Crippen molar-refractivity contribution < 1.29 is 23.5 Å². The summed E-state index contributed by atoms with van der Waals surface area (Å²) in [5.74, 6) is 1.15. The van der Waals surface area contributed by atoms with E-state index in [0.717, 1.165) is 38.5 Å². The molecule has 0 saturated carbocycles. The average molecular weight is 437 g/mol. The minimum absolute atomic E-state index is 0.290. The Kier molecular flexibility index (Phi) is 14.8. The molecule has 1 heterocycles. The molecule has 0 N–H and O–H groups in total. The maximum atomic E-state index is 12.4. The van der Waals surface area contributed by atoms with Crippen LogP contribution in [0.2, 0.25) is 0 Å². The third-order valence-electron chi connectivity index (χ3n) is 5.50. The SMILES string of the molecule is CCCCCCCCC(=O)Oc1c(CC)oc(CC)c1OC(=O)CCCCCCCC. The Labute approximate surface area is 189 Å². The smallest absolute Gasteiger partial charge is 0.311 e. The first kappa shape index (κ1) is 27.3. The minimum atomic E-state index is -0.290. The monoisotopic (exact) mass is 436 g/mol. The molecule has 1 aromatic rings. The van der Waals surface area contributed by atoms with Gasteiger partial charge in [0.2, 0.25) is 11.5 Å². The molecule has 5 nitrogen and oxygen atoms in total. The molecule has 178 valence electrons. The van der Waals surface area contributed by atoms with Crippen LogP contribution in [0.4, 0.5) is 0 Å². The highest BCUT2D eigenvalue weighted by atomic mass is 16.6. The summed E-state index contributed by atoms with van der Waals surface area (Å²) in [5, 5.41) is 0. The average Bonchev–Trinajstić information content (AvgIpc) is 3.09. The van der Waals surface area contributed by atoms with Crippen molar-refractivity contribution in [3.8, 4) is 11.5 Å². The predicted molar refractivity (Wildman–Crippen MR) is 125 cm³/mol. The lowest BCUT2D eigenvalue weighted by atomic mass is 10.1. The van der Waals surface area contributed by atoms with Gasteiger partial charge in [-0.1, -0.05) is 91.9 Å². The first-order chi connectivity index (χ1) is 15.1. The van der Waals surface area contributed by atoms with E-state index in [1.807, 2.05) is 13.8 Å². The highest BCUT2D eigenvalue weighted by molar-refractivity contribution is 5.77. The van der Waals surface area contributed by atoms with Crippen LogP contribution in [0.5, 0.6) is 11.5 Å². The number of hydrogen-bond acceptors (Lipinski definition) is 5. The normalized spacial score (nSPS) is 11.0. The van der Waals surface area contributed by atoms with Gasteiger partial charge < -0.3 is 13.9 Å². The third kappa shape index (κ3) is 10.9. The zero-order chi connectivity index (χ0) is 22.9. The van der Waals surface area contributed by atoms with Gasteiger partial charge in [0.1, 0.15) is 0 Å². The van der Waals surface area contributed by atoms with Crippen LogP contribution in [-0.4, -0.2) is 11.9 Å². The highest BCUT2D eigenvalue weighted by Crippen LogP contribution is 2.39. The molecule has 0 aliphatic rings. The van der Waals surface area contributed by atoms with Gasteiger partial charge in [-0.15, -0.1) is 0 Å². The Morgan fingerprint density at radius 2 is 0.935 bits per heavy atom. The van der Waals surface area contributed by atoms with Gasteiger partial charge in [-0.2, -0.15) is 0 Å². The van der Waals surface area contributed by atoms with Gasteiger partial charge in [-0.3, -0.25) is 9.59 Å². The van der Waals surface area contributed by atoms with Crippen LogP contribution in [0.25, 0.3) is 0 Å². The fraction of sp³-hybridized carbons (Fsp3) is 0.769. The van der Waals surface area contributed by atoms with Crippen LogP contribution in [-0.2, 0) is 22.4 Å². The molecule has 0 aliphatic heterocycles. The Balaban J connectivity index is 2.61. The molecule has 0 aliphatic carbocycles. The first-order valence-corrected chi connectivity index (χ1v) is 12.6. The van der Waals surface area contributed by atoms with Crippen LogP contribution >= 0.6 is 0 Å². The Hall–Kier alpha value is -1.78. The lowest BCUT2D eigenvalue weighted by molar-refractivity contribution is -0.137. The van der Waals surface area contributed by atoms with Crippen molar-refractivity contribution in [3.05, 3.63) is 11.5 Å². The number of carbonyl (C=O) groups excluding carboxylic acids is 2. The summed E-state index contributed by atoms with van der Waals surface area (Å²) in [6.45, 7) is 8.25. The molecule has 1 rings (SSSR count). The quantitative estimate of drug-likeness (QED) is 0.174. The number of ether oxygens (including phenoxy) is 2. The topological polar surface area (TPSA) is 65.7 Å². The molecule has 31 heavy (non-hydrogen) atoms. The number of carbonyl (C=O) groups is 2. The summed E-state index contributed by atoms with van der Waals surface area (Å²) in [4.78, 5) is 24.8. The maximum Gasteiger partial charge on any atom is 0.311 e. The number of furan rings is 1. The zero-order valence-corrected chi connectivity index (χ0v) is 20.4. The molecular formula is C26H44O5. The number of aryl methyl sites for hydroxylation is 2. The second-order valence-corrected chi connectivity index (χ2v) is 8.30. The summed E-state index contributed by atoms with van der Waals surface area (Å²) >= 11 is 0. The van der Waals surface area contributed by atoms with Crippen molar-refractivity contribution in [3.63, 3.8) is 0 Å². The number of rotatable bonds is 18. The highest BCUT2D eigenvalue weighted by Gasteiger charge is 2.25. The standard InChI is InChI=1S/C26H44O5/c1-5-9-11-13-15-17-19-23(27)30-25-21(7-3)29-22(8-4)26(25)31-24(28)20-18-16-14-12-10-6-2/h5-20H2,1-4H3. The Bertz CT molecular complexity index is 579. The third-order valence-corrected chi connectivity index (χ3v) is 5.50. The predicted octanol–water partition coefficient (Wildman–Crippen LogP) is 7.72. The van der Waals surface area contributed by atoms with Gasteiger partial charge in [0, 0.05) is 25.7 Å². The van der Waals surface area contributed by atoms with Crippen molar-refractivity contribution in [2.45, 2.75) is 130 Å². The molecule has 0 aromatic carbocycles. The fourth-order valence-corrected chi connectivity index (χ4v) is 3.60. The summed E-state index contributed by atoms with van der Waals surface area (Å²) in [6, 6.07) is 0. The van der Waals surface area contributed by atoms with E-state index >= 15 is 0 Å². The van der Waals surface area contributed by atoms with Gasteiger partial charge >= 0.3 is 11.9 Å². The molecule has 5 heteroatoms. The van der Waals surface area contributed by atoms with E-state index in [-0.39, 0.29) is 11.9 Å². The van der Waals surface area contributed by atoms with Gasteiger partial charge in [0.15, 0.2) is 11.5 Å². The van der Waals surface area contributed by atoms with E-state index in [4.69, 9.17) is 13.9 Å². The van der Waals surface area contributed by atoms with E-state index in [0.29, 0.717) is 48.7 Å². The second-order valence-electron chi connectivity index (χ2n) is 8.30. The van der Waals surface area contributed by atoms with Crippen LogP contribution in [0.15, 0.2) is 4.42 Å². The zero-order valence-electron chi connectivity index (χ0n) is 20.4. The van der Waals surface area contributed by atoms with Crippen molar-refractivity contribution in [2.75, 3.05) is 0 Å². The van der Waals surface area contributed by atoms with E-state index < -0.39 is 0 Å². The lowest BCUT2D eigenvalue weighted by Crippen LogP contribution is -2.12. The van der Waals surface area contributed by atoms with Crippen molar-refractivity contribution in [1.29, 1.82) is 0 Å². The van der Waals surface area contributed by atoms with E-state index in [2.05, 4.69) is 13.8 Å². The van der Waals surface area contributed by atoms with Gasteiger partial charge in [-0.05, 0) is 12.8 Å². The molecule has 0 bridgehead atoms. The molecule has 0 saturated heterocycles. The van der Waals surface area contributed by atoms with Crippen molar-refractivity contribution >= 4 is 11.9 Å². The van der Waals surface area contributed by atoms with Crippen LogP contribution in [0, 0.1) is 0 Å². The minimum Gasteiger partial charge on any atom is -0.458 e. The van der Waals surface area contributed by atoms with Gasteiger partial charge in [-0.25, -0.2) is 0 Å². The fourth-order valence-electron chi connectivity index (χ4n) is 3.60. The number of unbranched alkanes of at least 4 members (excludes halogenated alkanes) is 10. The largest absolute Gasteiger partial charge is 0.458 e. The lowest BCUT2D eigenvalue weighted by Gasteiger charge is -2.08. The van der Waals surface area contributed by atoms with Gasteiger partial charge in [0.05, 0.1) is 0 Å². The summed E-state index contributed by atoms with van der Waals surface area (Å²) in [6.07, 6.45) is 15.2. The van der Waals surface area contributed by atoms with Crippen molar-refractivity contribution in [2.24, 2.45) is 0 Å². The molecule has 0 radical (unpaired) electrons. The van der Waals surface area contributed by atoms with Crippen LogP contribution in [0.1, 0.15) is 129 Å². The van der Waals surface area contributed by atoms with Crippen LogP contribution in [0.3, 0.4) is 0 Å². The van der Waals surface area contributed by atoms with E-state index in [1.165, 1.54) is 38.5 Å². The Morgan fingerprint density at radius 3 is 1.29 bits per heavy atom. The first-order valence-electron chi connectivity index (χ1n) is 12.6. The molecule has 0 amide bonds. The number of esters is 2. The second kappa shape index (κ2) is 16.9. The van der Waals surface area contributed by atoms with E-state index in [9.17, 15) is 9.59 Å². The molecule has 1 aromatic heterocycles. The Morgan fingerprint density at radius 1 is 0.581 bits per heavy atom. The van der Waals surface area contributed by atoms with Gasteiger partial charge in [0.25, 0.3) is 0 Å².